The Morgan fingerprint density at radius 1 is 1.42 bits per heavy atom. The molecule has 2 aromatic heterocycles. The summed E-state index contributed by atoms with van der Waals surface area (Å²) in [5.74, 6) is 1.61. The number of aromatic nitrogens is 4. The quantitative estimate of drug-likeness (QED) is 0.430. The standard InChI is InChI=1S/C16H23ClN6O2S/c1-3-26-16-20-13(22-6-8-25-9-7-22)12-10-19-23(14(12)21-16)5-4-18-15(24)11(2)17/h10-11H,3-9H2,1-2H3,(H,18,24). The molecule has 0 bridgehead atoms. The van der Waals surface area contributed by atoms with Crippen molar-refractivity contribution in [2.24, 2.45) is 0 Å². The Morgan fingerprint density at radius 2 is 2.19 bits per heavy atom. The molecule has 0 saturated carbocycles. The Hall–Kier alpha value is -1.58. The van der Waals surface area contributed by atoms with Gasteiger partial charge in [-0.3, -0.25) is 4.79 Å². The average molecular weight is 399 g/mol. The molecule has 0 spiro atoms. The van der Waals surface area contributed by atoms with E-state index in [1.54, 1.807) is 29.6 Å². The average Bonchev–Trinajstić information content (AvgIpc) is 3.05. The van der Waals surface area contributed by atoms with Crippen LogP contribution >= 0.6 is 23.4 Å². The molecule has 3 rings (SSSR count). The maximum absolute atomic E-state index is 11.6. The first kappa shape index (κ1) is 19.2. The number of hydrogen-bond acceptors (Lipinski definition) is 7. The van der Waals surface area contributed by atoms with Crippen molar-refractivity contribution in [1.29, 1.82) is 0 Å². The molecule has 0 radical (unpaired) electrons. The number of ether oxygens (including phenoxy) is 1. The number of nitrogens with one attached hydrogen (secondary N) is 1. The summed E-state index contributed by atoms with van der Waals surface area (Å²) >= 11 is 7.38. The molecule has 1 aliphatic heterocycles. The Balaban J connectivity index is 1.86. The lowest BCUT2D eigenvalue weighted by atomic mass is 10.3. The number of anilines is 1. The van der Waals surface area contributed by atoms with Crippen molar-refractivity contribution < 1.29 is 9.53 Å². The third-order valence-electron chi connectivity index (χ3n) is 4.02. The third-order valence-corrected chi connectivity index (χ3v) is 4.95. The lowest BCUT2D eigenvalue weighted by Crippen LogP contribution is -2.37. The van der Waals surface area contributed by atoms with E-state index >= 15 is 0 Å². The molecule has 3 heterocycles. The topological polar surface area (TPSA) is 85.2 Å². The molecule has 1 unspecified atom stereocenters. The molecular weight excluding hydrogens is 376 g/mol. The van der Waals surface area contributed by atoms with E-state index in [1.807, 2.05) is 0 Å². The van der Waals surface area contributed by atoms with Gasteiger partial charge in [0.05, 0.1) is 31.3 Å². The summed E-state index contributed by atoms with van der Waals surface area (Å²) in [4.78, 5) is 23.2. The molecule has 0 aliphatic carbocycles. The van der Waals surface area contributed by atoms with Crippen LogP contribution in [0, 0.1) is 0 Å². The molecule has 1 amide bonds. The molecule has 0 aromatic carbocycles. The van der Waals surface area contributed by atoms with Gasteiger partial charge in [0.2, 0.25) is 5.91 Å². The molecule has 1 N–H and O–H groups in total. The van der Waals surface area contributed by atoms with Crippen LogP contribution in [0.4, 0.5) is 5.82 Å². The highest BCUT2D eigenvalue weighted by molar-refractivity contribution is 7.99. The summed E-state index contributed by atoms with van der Waals surface area (Å²) < 4.78 is 7.25. The summed E-state index contributed by atoms with van der Waals surface area (Å²) in [6.07, 6.45) is 1.80. The van der Waals surface area contributed by atoms with E-state index in [9.17, 15) is 4.79 Å². The van der Waals surface area contributed by atoms with Crippen LogP contribution in [0.5, 0.6) is 0 Å². The zero-order valence-electron chi connectivity index (χ0n) is 14.9. The molecule has 10 heteroatoms. The normalized spacial score (nSPS) is 16.0. The summed E-state index contributed by atoms with van der Waals surface area (Å²) in [5, 5.41) is 8.36. The Bertz CT molecular complexity index is 763. The highest BCUT2D eigenvalue weighted by Gasteiger charge is 2.20. The first-order valence-electron chi connectivity index (χ1n) is 8.71. The van der Waals surface area contributed by atoms with E-state index in [4.69, 9.17) is 21.3 Å². The van der Waals surface area contributed by atoms with E-state index in [-0.39, 0.29) is 5.91 Å². The number of morpholine rings is 1. The van der Waals surface area contributed by atoms with Crippen molar-refractivity contribution in [3.8, 4) is 0 Å². The smallest absolute Gasteiger partial charge is 0.237 e. The van der Waals surface area contributed by atoms with Gasteiger partial charge in [0.25, 0.3) is 0 Å². The highest BCUT2D eigenvalue weighted by Crippen LogP contribution is 2.27. The minimum absolute atomic E-state index is 0.186. The SMILES string of the molecule is CCSc1nc(N2CCOCC2)c2cnn(CCNC(=O)C(C)Cl)c2n1. The molecule has 1 aliphatic rings. The van der Waals surface area contributed by atoms with Crippen molar-refractivity contribution in [2.45, 2.75) is 30.9 Å². The van der Waals surface area contributed by atoms with E-state index in [1.165, 1.54) is 0 Å². The molecule has 1 fully saturated rings. The van der Waals surface area contributed by atoms with E-state index in [2.05, 4.69) is 27.2 Å². The van der Waals surface area contributed by atoms with Gasteiger partial charge in [0, 0.05) is 19.6 Å². The number of rotatable bonds is 7. The zero-order valence-corrected chi connectivity index (χ0v) is 16.5. The first-order chi connectivity index (χ1) is 12.6. The van der Waals surface area contributed by atoms with Gasteiger partial charge >= 0.3 is 0 Å². The van der Waals surface area contributed by atoms with E-state index in [0.29, 0.717) is 26.3 Å². The first-order valence-corrected chi connectivity index (χ1v) is 10.1. The van der Waals surface area contributed by atoms with Gasteiger partial charge in [-0.25, -0.2) is 14.6 Å². The maximum atomic E-state index is 11.6. The van der Waals surface area contributed by atoms with Crippen LogP contribution in [0.1, 0.15) is 13.8 Å². The van der Waals surface area contributed by atoms with Crippen LogP contribution in [-0.4, -0.2) is 69.6 Å². The molecule has 1 saturated heterocycles. The number of fused-ring (bicyclic) bond motifs is 1. The number of carbonyl (C=O) groups is 1. The minimum atomic E-state index is -0.549. The highest BCUT2D eigenvalue weighted by atomic mass is 35.5. The second kappa shape index (κ2) is 8.88. The molecule has 8 nitrogen and oxygen atoms in total. The fraction of sp³-hybridized carbons (Fsp3) is 0.625. The predicted octanol–water partition coefficient (Wildman–Crippen LogP) is 1.52. The number of carbonyl (C=O) groups excluding carboxylic acids is 1. The molecule has 26 heavy (non-hydrogen) atoms. The second-order valence-electron chi connectivity index (χ2n) is 5.87. The number of hydrogen-bond donors (Lipinski definition) is 1. The number of thioether (sulfide) groups is 1. The monoisotopic (exact) mass is 398 g/mol. The molecule has 1 atom stereocenters. The second-order valence-corrected chi connectivity index (χ2v) is 7.76. The van der Waals surface area contributed by atoms with Crippen molar-refractivity contribution in [2.75, 3.05) is 43.5 Å². The summed E-state index contributed by atoms with van der Waals surface area (Å²) in [7, 11) is 0. The van der Waals surface area contributed by atoms with Crippen molar-refractivity contribution in [1.82, 2.24) is 25.1 Å². The van der Waals surface area contributed by atoms with Gasteiger partial charge in [-0.05, 0) is 12.7 Å². The van der Waals surface area contributed by atoms with E-state index in [0.717, 1.165) is 40.9 Å². The maximum Gasteiger partial charge on any atom is 0.237 e. The van der Waals surface area contributed by atoms with Gasteiger partial charge in [0.15, 0.2) is 10.8 Å². The fourth-order valence-electron chi connectivity index (χ4n) is 2.72. The number of halogens is 1. The van der Waals surface area contributed by atoms with Gasteiger partial charge in [-0.15, -0.1) is 11.6 Å². The third kappa shape index (κ3) is 4.39. The number of alkyl halides is 1. The van der Waals surface area contributed by atoms with Gasteiger partial charge in [0.1, 0.15) is 11.2 Å². The predicted molar refractivity (Wildman–Crippen MR) is 103 cm³/mol. The van der Waals surface area contributed by atoms with Crippen molar-refractivity contribution >= 4 is 46.1 Å². The van der Waals surface area contributed by atoms with Crippen molar-refractivity contribution in [3.05, 3.63) is 6.20 Å². The van der Waals surface area contributed by atoms with Crippen LogP contribution < -0.4 is 10.2 Å². The molecule has 2 aromatic rings. The van der Waals surface area contributed by atoms with Crippen LogP contribution in [0.25, 0.3) is 11.0 Å². The van der Waals surface area contributed by atoms with E-state index < -0.39 is 5.38 Å². The van der Waals surface area contributed by atoms with Crippen LogP contribution in [0.2, 0.25) is 0 Å². The Morgan fingerprint density at radius 3 is 2.88 bits per heavy atom. The fourth-order valence-corrected chi connectivity index (χ4v) is 3.36. The lowest BCUT2D eigenvalue weighted by Gasteiger charge is -2.28. The molecular formula is C16H23ClN6O2S. The van der Waals surface area contributed by atoms with Crippen molar-refractivity contribution in [3.63, 3.8) is 0 Å². The van der Waals surface area contributed by atoms with Crippen LogP contribution in [0.3, 0.4) is 0 Å². The molecule has 142 valence electrons. The lowest BCUT2D eigenvalue weighted by molar-refractivity contribution is -0.120. The van der Waals surface area contributed by atoms with Gasteiger partial charge in [-0.2, -0.15) is 5.10 Å². The zero-order chi connectivity index (χ0) is 18.5. The Labute approximate surface area is 161 Å². The largest absolute Gasteiger partial charge is 0.378 e. The summed E-state index contributed by atoms with van der Waals surface area (Å²) in [5.41, 5.74) is 0.783. The number of nitrogens with zero attached hydrogens (tertiary/aromatic N) is 5. The van der Waals surface area contributed by atoms with Gasteiger partial charge in [-0.1, -0.05) is 18.7 Å². The summed E-state index contributed by atoms with van der Waals surface area (Å²) in [6.45, 7) is 7.68. The Kier molecular flexibility index (Phi) is 6.55. The van der Waals surface area contributed by atoms with Gasteiger partial charge < -0.3 is 15.0 Å². The van der Waals surface area contributed by atoms with Crippen LogP contribution in [0.15, 0.2) is 11.4 Å². The number of amides is 1. The van der Waals surface area contributed by atoms with Crippen LogP contribution in [-0.2, 0) is 16.1 Å². The summed E-state index contributed by atoms with van der Waals surface area (Å²) in [6, 6.07) is 0. The minimum Gasteiger partial charge on any atom is -0.378 e.